The Labute approximate surface area is 114 Å². The number of nitrogens with two attached hydrogens (primary N) is 1. The molecule has 1 aliphatic rings. The Hall–Kier alpha value is -0.500. The van der Waals surface area contributed by atoms with Crippen LogP contribution in [-0.2, 0) is 0 Å². The van der Waals surface area contributed by atoms with Crippen LogP contribution in [-0.4, -0.2) is 18.4 Å². The minimum absolute atomic E-state index is 0.343. The zero-order chi connectivity index (χ0) is 15.6. The van der Waals surface area contributed by atoms with E-state index in [1.807, 2.05) is 6.92 Å². The lowest BCUT2D eigenvalue weighted by atomic mass is 9.74. The minimum Gasteiger partial charge on any atom is -0.271 e. The number of alkyl halides is 6. The molecule has 0 heterocycles. The van der Waals surface area contributed by atoms with Crippen molar-refractivity contribution in [3.63, 3.8) is 0 Å². The molecule has 0 aromatic carbocycles. The van der Waals surface area contributed by atoms with E-state index in [1.54, 1.807) is 5.43 Å². The summed E-state index contributed by atoms with van der Waals surface area (Å²) in [6, 6.07) is -1.81. The number of halogens is 6. The van der Waals surface area contributed by atoms with Gasteiger partial charge in [-0.3, -0.25) is 11.3 Å². The third kappa shape index (κ3) is 4.25. The van der Waals surface area contributed by atoms with Crippen molar-refractivity contribution in [3.8, 4) is 0 Å². The summed E-state index contributed by atoms with van der Waals surface area (Å²) >= 11 is 0. The normalized spacial score (nSPS) is 26.9. The van der Waals surface area contributed by atoms with Gasteiger partial charge in [-0.05, 0) is 24.7 Å². The van der Waals surface area contributed by atoms with Gasteiger partial charge in [0.15, 0.2) is 5.92 Å². The molecule has 1 rings (SSSR count). The number of nitrogens with one attached hydrogen (secondary N) is 1. The van der Waals surface area contributed by atoms with Gasteiger partial charge in [0.1, 0.15) is 0 Å². The van der Waals surface area contributed by atoms with Crippen molar-refractivity contribution in [2.45, 2.75) is 57.4 Å². The molecule has 0 aromatic rings. The van der Waals surface area contributed by atoms with Crippen molar-refractivity contribution in [1.29, 1.82) is 0 Å². The van der Waals surface area contributed by atoms with Crippen molar-refractivity contribution >= 4 is 0 Å². The highest BCUT2D eigenvalue weighted by molar-refractivity contribution is 4.92. The van der Waals surface area contributed by atoms with E-state index >= 15 is 0 Å². The topological polar surface area (TPSA) is 38.0 Å². The Morgan fingerprint density at radius 1 is 1.00 bits per heavy atom. The van der Waals surface area contributed by atoms with Crippen molar-refractivity contribution in [3.05, 3.63) is 0 Å². The molecule has 0 bridgehead atoms. The lowest BCUT2D eigenvalue weighted by molar-refractivity contribution is -0.295. The van der Waals surface area contributed by atoms with E-state index in [0.29, 0.717) is 31.6 Å². The Kier molecular flexibility index (Phi) is 5.71. The van der Waals surface area contributed by atoms with Gasteiger partial charge in [0.2, 0.25) is 0 Å². The SMILES string of the molecule is CCC1CCC(C(NN)C(C(F)(F)F)C(F)(F)F)CC1. The Morgan fingerprint density at radius 2 is 1.45 bits per heavy atom. The molecule has 0 aromatic heterocycles. The quantitative estimate of drug-likeness (QED) is 0.471. The Bertz CT molecular complexity index is 279. The van der Waals surface area contributed by atoms with Gasteiger partial charge >= 0.3 is 12.4 Å². The standard InChI is InChI=1S/C12H20F6N2/c1-2-7-3-5-8(6-4-7)9(20-19)10(11(13,14)15)12(16,17)18/h7-10,20H,2-6,19H2,1H3. The average molecular weight is 306 g/mol. The number of hydrogen-bond donors (Lipinski definition) is 2. The van der Waals surface area contributed by atoms with Crippen LogP contribution >= 0.6 is 0 Å². The molecule has 1 fully saturated rings. The van der Waals surface area contributed by atoms with Crippen LogP contribution in [0.4, 0.5) is 26.3 Å². The van der Waals surface area contributed by atoms with Crippen LogP contribution in [0.5, 0.6) is 0 Å². The molecule has 0 saturated heterocycles. The maximum atomic E-state index is 12.7. The summed E-state index contributed by atoms with van der Waals surface area (Å²) in [5, 5.41) is 0. The van der Waals surface area contributed by atoms with Crippen molar-refractivity contribution < 1.29 is 26.3 Å². The highest BCUT2D eigenvalue weighted by atomic mass is 19.4. The highest BCUT2D eigenvalue weighted by Crippen LogP contribution is 2.45. The van der Waals surface area contributed by atoms with Gasteiger partial charge in [0.05, 0.1) is 0 Å². The molecule has 0 aliphatic heterocycles. The van der Waals surface area contributed by atoms with E-state index in [9.17, 15) is 26.3 Å². The van der Waals surface area contributed by atoms with E-state index in [4.69, 9.17) is 5.84 Å². The third-order valence-electron chi connectivity index (χ3n) is 4.23. The first kappa shape index (κ1) is 17.6. The molecule has 120 valence electrons. The molecule has 0 amide bonds. The average Bonchev–Trinajstić information content (AvgIpc) is 2.33. The summed E-state index contributed by atoms with van der Waals surface area (Å²) in [4.78, 5) is 0. The maximum absolute atomic E-state index is 12.7. The second kappa shape index (κ2) is 6.51. The summed E-state index contributed by atoms with van der Waals surface area (Å²) < 4.78 is 76.4. The molecule has 2 nitrogen and oxygen atoms in total. The molecule has 1 aliphatic carbocycles. The highest BCUT2D eigenvalue weighted by Gasteiger charge is 2.61. The van der Waals surface area contributed by atoms with Crippen LogP contribution in [0.3, 0.4) is 0 Å². The summed E-state index contributed by atoms with van der Waals surface area (Å²) in [5.41, 5.74) is 1.78. The van der Waals surface area contributed by atoms with Crippen molar-refractivity contribution in [2.24, 2.45) is 23.6 Å². The molecule has 8 heteroatoms. The van der Waals surface area contributed by atoms with E-state index in [1.165, 1.54) is 0 Å². The first-order chi connectivity index (χ1) is 9.11. The molecule has 3 N–H and O–H groups in total. The summed E-state index contributed by atoms with van der Waals surface area (Å²) in [7, 11) is 0. The van der Waals surface area contributed by atoms with Crippen LogP contribution in [0.1, 0.15) is 39.0 Å². The fourth-order valence-corrected chi connectivity index (χ4v) is 3.05. The molecule has 0 spiro atoms. The van der Waals surface area contributed by atoms with E-state index in [2.05, 4.69) is 0 Å². The zero-order valence-electron chi connectivity index (χ0n) is 11.2. The minimum atomic E-state index is -5.35. The van der Waals surface area contributed by atoms with Crippen LogP contribution in [0.25, 0.3) is 0 Å². The first-order valence-corrected chi connectivity index (χ1v) is 6.70. The number of hydrazine groups is 1. The van der Waals surface area contributed by atoms with Gasteiger partial charge in [-0.25, -0.2) is 0 Å². The van der Waals surface area contributed by atoms with Gasteiger partial charge in [-0.15, -0.1) is 0 Å². The fraction of sp³-hybridized carbons (Fsp3) is 1.00. The van der Waals surface area contributed by atoms with Crippen LogP contribution in [0.15, 0.2) is 0 Å². The van der Waals surface area contributed by atoms with Crippen LogP contribution in [0.2, 0.25) is 0 Å². The monoisotopic (exact) mass is 306 g/mol. The molecule has 20 heavy (non-hydrogen) atoms. The Morgan fingerprint density at radius 3 is 1.75 bits per heavy atom. The lowest BCUT2D eigenvalue weighted by Gasteiger charge is -2.38. The summed E-state index contributed by atoms with van der Waals surface area (Å²) in [6.45, 7) is 1.97. The van der Waals surface area contributed by atoms with Gasteiger partial charge in [0.25, 0.3) is 0 Å². The smallest absolute Gasteiger partial charge is 0.271 e. The zero-order valence-corrected chi connectivity index (χ0v) is 11.2. The molecule has 1 unspecified atom stereocenters. The van der Waals surface area contributed by atoms with Gasteiger partial charge in [0, 0.05) is 6.04 Å². The van der Waals surface area contributed by atoms with Crippen molar-refractivity contribution in [2.75, 3.05) is 0 Å². The second-order valence-electron chi connectivity index (χ2n) is 5.44. The number of rotatable bonds is 4. The fourth-order valence-electron chi connectivity index (χ4n) is 3.05. The Balaban J connectivity index is 2.87. The van der Waals surface area contributed by atoms with E-state index in [0.717, 1.165) is 6.42 Å². The molecular weight excluding hydrogens is 286 g/mol. The maximum Gasteiger partial charge on any atom is 0.402 e. The first-order valence-electron chi connectivity index (χ1n) is 6.70. The van der Waals surface area contributed by atoms with E-state index in [-0.39, 0.29) is 0 Å². The van der Waals surface area contributed by atoms with Crippen LogP contribution < -0.4 is 11.3 Å². The van der Waals surface area contributed by atoms with Crippen molar-refractivity contribution in [1.82, 2.24) is 5.43 Å². The largest absolute Gasteiger partial charge is 0.402 e. The predicted octanol–water partition coefficient (Wildman–Crippen LogP) is 3.78. The lowest BCUT2D eigenvalue weighted by Crippen LogP contribution is -2.56. The third-order valence-corrected chi connectivity index (χ3v) is 4.23. The molecular formula is C12H20F6N2. The van der Waals surface area contributed by atoms with Gasteiger partial charge < -0.3 is 0 Å². The van der Waals surface area contributed by atoms with Gasteiger partial charge in [-0.2, -0.15) is 26.3 Å². The number of hydrogen-bond acceptors (Lipinski definition) is 2. The summed E-state index contributed by atoms with van der Waals surface area (Å²) in [6.07, 6.45) is -7.81. The molecule has 0 radical (unpaired) electrons. The van der Waals surface area contributed by atoms with Gasteiger partial charge in [-0.1, -0.05) is 26.2 Å². The second-order valence-corrected chi connectivity index (χ2v) is 5.44. The summed E-state index contributed by atoms with van der Waals surface area (Å²) in [5.74, 6) is 1.29. The molecule has 1 saturated carbocycles. The predicted molar refractivity (Wildman–Crippen MR) is 62.5 cm³/mol. The van der Waals surface area contributed by atoms with Crippen LogP contribution in [0, 0.1) is 17.8 Å². The molecule has 1 atom stereocenters. The van der Waals surface area contributed by atoms with E-state index < -0.39 is 30.2 Å².